The zero-order chi connectivity index (χ0) is 35.0. The summed E-state index contributed by atoms with van der Waals surface area (Å²) in [5.74, 6) is 1.72. The van der Waals surface area contributed by atoms with Gasteiger partial charge in [-0.1, -0.05) is 19.6 Å². The Hall–Kier alpha value is -3.22. The van der Waals surface area contributed by atoms with E-state index in [2.05, 4.69) is 41.3 Å². The van der Waals surface area contributed by atoms with Crippen LogP contribution in [0.1, 0.15) is 53.4 Å². The molecular formula is C37H55FN6O4Si. The van der Waals surface area contributed by atoms with Gasteiger partial charge in [-0.05, 0) is 89.6 Å². The van der Waals surface area contributed by atoms with Crippen LogP contribution in [0.3, 0.4) is 0 Å². The van der Waals surface area contributed by atoms with Gasteiger partial charge in [0.2, 0.25) is 0 Å². The molecular weight excluding hydrogens is 640 g/mol. The lowest BCUT2D eigenvalue weighted by Gasteiger charge is -2.39. The molecule has 2 aromatic heterocycles. The number of aromatic nitrogens is 3. The Balaban J connectivity index is 1.12. The maximum Gasteiger partial charge on any atom is 0.410 e. The standard InChI is InChI=1S/C37H55FN6O4Si/c1-36(2,3)48-35(45)43-18-16-41(17-19-43)25-27-10-14-42(15-11-27)33-23-29(31(38)24-39-33)34-30-22-28(47-37(4)12-13-37)8-9-32(30)44(40-34)26-46-20-21-49(5,6)7/h8-9,22-24,27H,10-21,25-26H2,1-7H3. The smallest absolute Gasteiger partial charge is 0.410 e. The van der Waals surface area contributed by atoms with Crippen LogP contribution < -0.4 is 9.64 Å². The third-order valence-corrected chi connectivity index (χ3v) is 11.5. The van der Waals surface area contributed by atoms with Crippen LogP contribution in [0, 0.1) is 11.7 Å². The molecule has 1 aromatic carbocycles. The number of benzene rings is 1. The molecule has 0 spiro atoms. The molecule has 0 N–H and O–H groups in total. The monoisotopic (exact) mass is 694 g/mol. The van der Waals surface area contributed by atoms with Crippen LogP contribution >= 0.6 is 0 Å². The SMILES string of the molecule is CC(C)(C)OC(=O)N1CCN(CC2CCN(c3cc(-c4nn(COCC[Si](C)(C)C)c5ccc(OC6(C)CC6)cc45)c(F)cn3)CC2)CC1. The van der Waals surface area contributed by atoms with Crippen LogP contribution in [0.5, 0.6) is 5.75 Å². The number of pyridine rings is 1. The van der Waals surface area contributed by atoms with Crippen LogP contribution in [0.25, 0.3) is 22.2 Å². The van der Waals surface area contributed by atoms with Crippen LogP contribution in [0.15, 0.2) is 30.5 Å². The molecule has 3 aliphatic rings. The van der Waals surface area contributed by atoms with Gasteiger partial charge in [0.1, 0.15) is 35.2 Å². The largest absolute Gasteiger partial charge is 0.488 e. The molecule has 6 rings (SSSR count). The minimum atomic E-state index is -1.23. The fourth-order valence-corrected chi connectivity index (χ4v) is 7.30. The molecule has 268 valence electrons. The number of amides is 1. The number of rotatable bonds is 11. The van der Waals surface area contributed by atoms with E-state index in [4.69, 9.17) is 19.3 Å². The quantitative estimate of drug-likeness (QED) is 0.153. The van der Waals surface area contributed by atoms with Crippen LogP contribution in [0.4, 0.5) is 15.0 Å². The van der Waals surface area contributed by atoms with Crippen molar-refractivity contribution in [1.82, 2.24) is 24.6 Å². The topological polar surface area (TPSA) is 85.2 Å². The summed E-state index contributed by atoms with van der Waals surface area (Å²) in [5.41, 5.74) is 1.31. The van der Waals surface area contributed by atoms with Gasteiger partial charge >= 0.3 is 6.09 Å². The summed E-state index contributed by atoms with van der Waals surface area (Å²) in [6.07, 6.45) is 5.25. The number of carbonyl (C=O) groups is 1. The van der Waals surface area contributed by atoms with Gasteiger partial charge in [-0.25, -0.2) is 18.9 Å². The fraction of sp³-hybridized carbons (Fsp3) is 0.649. The number of piperidine rings is 1. The number of halogens is 1. The number of hydrogen-bond acceptors (Lipinski definition) is 8. The van der Waals surface area contributed by atoms with E-state index < -0.39 is 19.5 Å². The average molecular weight is 695 g/mol. The lowest BCUT2D eigenvalue weighted by Crippen LogP contribution is -2.51. The van der Waals surface area contributed by atoms with Crippen LogP contribution in [-0.2, 0) is 16.2 Å². The molecule has 3 aromatic rings. The fourth-order valence-electron chi connectivity index (χ4n) is 6.54. The molecule has 0 unspecified atom stereocenters. The van der Waals surface area contributed by atoms with E-state index in [1.54, 1.807) is 0 Å². The van der Waals surface area contributed by atoms with E-state index >= 15 is 4.39 Å². The molecule has 0 atom stereocenters. The molecule has 3 fully saturated rings. The number of ether oxygens (including phenoxy) is 3. The van der Waals surface area contributed by atoms with E-state index in [0.717, 1.165) is 86.9 Å². The maximum atomic E-state index is 15.6. The number of anilines is 1. The van der Waals surface area contributed by atoms with E-state index in [0.29, 0.717) is 43.6 Å². The number of hydrogen-bond donors (Lipinski definition) is 0. The summed E-state index contributed by atoms with van der Waals surface area (Å²) in [5, 5.41) is 5.77. The second kappa shape index (κ2) is 14.2. The molecule has 49 heavy (non-hydrogen) atoms. The summed E-state index contributed by atoms with van der Waals surface area (Å²) in [4.78, 5) is 23.5. The first-order valence-electron chi connectivity index (χ1n) is 18.0. The predicted octanol–water partition coefficient (Wildman–Crippen LogP) is 7.25. The van der Waals surface area contributed by atoms with Crippen molar-refractivity contribution in [3.63, 3.8) is 0 Å². The molecule has 10 nitrogen and oxygen atoms in total. The normalized spacial score (nSPS) is 19.0. The van der Waals surface area contributed by atoms with E-state index in [9.17, 15) is 4.79 Å². The number of carbonyl (C=O) groups excluding carboxylic acids is 1. The van der Waals surface area contributed by atoms with Gasteiger partial charge in [0, 0.05) is 71.4 Å². The molecule has 4 heterocycles. The molecule has 12 heteroatoms. The third kappa shape index (κ3) is 9.32. The molecule has 2 saturated heterocycles. The van der Waals surface area contributed by atoms with Gasteiger partial charge in [0.05, 0.1) is 11.7 Å². The predicted molar refractivity (Wildman–Crippen MR) is 194 cm³/mol. The zero-order valence-corrected chi connectivity index (χ0v) is 31.6. The summed E-state index contributed by atoms with van der Waals surface area (Å²) in [6.45, 7) is 21.7. The Kier molecular flexibility index (Phi) is 10.3. The molecule has 0 radical (unpaired) electrons. The minimum absolute atomic E-state index is 0.126. The van der Waals surface area contributed by atoms with Crippen molar-refractivity contribution in [2.24, 2.45) is 5.92 Å². The van der Waals surface area contributed by atoms with E-state index in [1.165, 1.54) is 6.20 Å². The molecule has 1 saturated carbocycles. The number of fused-ring (bicyclic) bond motifs is 1. The Labute approximate surface area is 291 Å². The van der Waals surface area contributed by atoms with Crippen molar-refractivity contribution in [3.05, 3.63) is 36.3 Å². The zero-order valence-electron chi connectivity index (χ0n) is 30.6. The highest BCUT2D eigenvalue weighted by Crippen LogP contribution is 2.41. The first kappa shape index (κ1) is 35.6. The van der Waals surface area contributed by atoms with Crippen LogP contribution in [-0.4, -0.2) is 102 Å². The minimum Gasteiger partial charge on any atom is -0.488 e. The lowest BCUT2D eigenvalue weighted by molar-refractivity contribution is 0.0130. The van der Waals surface area contributed by atoms with Crippen molar-refractivity contribution < 1.29 is 23.4 Å². The Morgan fingerprint density at radius 2 is 1.76 bits per heavy atom. The second-order valence-electron chi connectivity index (χ2n) is 16.6. The van der Waals surface area contributed by atoms with Gasteiger partial charge in [-0.2, -0.15) is 5.10 Å². The van der Waals surface area contributed by atoms with Crippen molar-refractivity contribution in [2.75, 3.05) is 57.3 Å². The van der Waals surface area contributed by atoms with Gasteiger partial charge in [0.25, 0.3) is 0 Å². The third-order valence-electron chi connectivity index (χ3n) is 9.83. The van der Waals surface area contributed by atoms with Crippen molar-refractivity contribution in [1.29, 1.82) is 0 Å². The number of piperazine rings is 1. The molecule has 0 bridgehead atoms. The summed E-state index contributed by atoms with van der Waals surface area (Å²) in [6, 6.07) is 8.92. The van der Waals surface area contributed by atoms with Crippen molar-refractivity contribution in [2.45, 2.75) is 97.0 Å². The molecule has 1 aliphatic carbocycles. The van der Waals surface area contributed by atoms with Gasteiger partial charge in [-0.15, -0.1) is 0 Å². The highest BCUT2D eigenvalue weighted by molar-refractivity contribution is 6.76. The second-order valence-corrected chi connectivity index (χ2v) is 22.3. The van der Waals surface area contributed by atoms with Crippen molar-refractivity contribution >= 4 is 30.9 Å². The Morgan fingerprint density at radius 3 is 2.41 bits per heavy atom. The van der Waals surface area contributed by atoms with Crippen LogP contribution in [0.2, 0.25) is 25.7 Å². The Morgan fingerprint density at radius 1 is 1.04 bits per heavy atom. The summed E-state index contributed by atoms with van der Waals surface area (Å²) in [7, 11) is -1.23. The van der Waals surface area contributed by atoms with Crippen molar-refractivity contribution in [3.8, 4) is 17.0 Å². The summed E-state index contributed by atoms with van der Waals surface area (Å²) < 4.78 is 35.4. The maximum absolute atomic E-state index is 15.6. The first-order valence-corrected chi connectivity index (χ1v) is 21.7. The van der Waals surface area contributed by atoms with E-state index in [1.807, 2.05) is 54.6 Å². The lowest BCUT2D eigenvalue weighted by atomic mass is 9.95. The molecule has 1 amide bonds. The highest BCUT2D eigenvalue weighted by Gasteiger charge is 2.40. The average Bonchev–Trinajstić information content (AvgIpc) is 3.65. The molecule has 2 aliphatic heterocycles. The van der Waals surface area contributed by atoms with Gasteiger partial charge in [0.15, 0.2) is 5.82 Å². The Bertz CT molecular complexity index is 1620. The van der Waals surface area contributed by atoms with E-state index in [-0.39, 0.29) is 11.7 Å². The number of nitrogens with zero attached hydrogens (tertiary/aromatic N) is 6. The van der Waals surface area contributed by atoms with Gasteiger partial charge in [-0.3, -0.25) is 4.90 Å². The first-order chi connectivity index (χ1) is 23.1. The van der Waals surface area contributed by atoms with Gasteiger partial charge < -0.3 is 24.0 Å². The summed E-state index contributed by atoms with van der Waals surface area (Å²) >= 11 is 0. The highest BCUT2D eigenvalue weighted by atomic mass is 28.3.